The van der Waals surface area contributed by atoms with Crippen molar-refractivity contribution < 1.29 is 14.7 Å². The molecule has 108 valence electrons. The predicted molar refractivity (Wildman–Crippen MR) is 80.0 cm³/mol. The topological polar surface area (TPSA) is 90.8 Å². The third-order valence-corrected chi connectivity index (χ3v) is 2.85. The maximum absolute atomic E-state index is 11.4. The number of amides is 2. The smallest absolute Gasteiger partial charge is 0.329 e. The number of hydrogen-bond donors (Lipinski definition) is 3. The van der Waals surface area contributed by atoms with E-state index in [0.29, 0.717) is 12.1 Å². The number of rotatable bonds is 3. The first kappa shape index (κ1) is 14.5. The number of nitrogens with one attached hydrogen (secondary N) is 2. The monoisotopic (exact) mass is 285 g/mol. The van der Waals surface area contributed by atoms with Crippen LogP contribution >= 0.6 is 0 Å². The Balaban J connectivity index is 2.20. The second-order valence-electron chi connectivity index (χ2n) is 4.28. The van der Waals surface area contributed by atoms with Crippen LogP contribution in [0.25, 0.3) is 10.8 Å². The molecule has 0 aliphatic rings. The number of nitrogens with zero attached hydrogens (tertiary/aromatic N) is 1. The van der Waals surface area contributed by atoms with E-state index in [0.717, 1.165) is 10.8 Å². The molecule has 0 aliphatic heterocycles. The molecular weight excluding hydrogens is 270 g/mol. The number of phenols is 1. The number of aromatic hydroxyl groups is 1. The molecule has 0 saturated carbocycles. The number of hydrogen-bond acceptors (Lipinski definition) is 4. The summed E-state index contributed by atoms with van der Waals surface area (Å²) < 4.78 is 0. The number of carbonyl (C=O) groups excluding carboxylic acids is 2. The van der Waals surface area contributed by atoms with Crippen molar-refractivity contribution in [2.45, 2.75) is 6.92 Å². The van der Waals surface area contributed by atoms with Gasteiger partial charge >= 0.3 is 11.8 Å². The van der Waals surface area contributed by atoms with E-state index in [4.69, 9.17) is 0 Å². The average Bonchev–Trinajstić information content (AvgIpc) is 2.49. The molecule has 0 aliphatic carbocycles. The van der Waals surface area contributed by atoms with Crippen molar-refractivity contribution in [2.75, 3.05) is 6.54 Å². The summed E-state index contributed by atoms with van der Waals surface area (Å²) in [5, 5.41) is 17.7. The zero-order valence-corrected chi connectivity index (χ0v) is 11.5. The first-order valence-corrected chi connectivity index (χ1v) is 6.45. The van der Waals surface area contributed by atoms with E-state index in [1.165, 1.54) is 6.21 Å². The Morgan fingerprint density at radius 2 is 1.95 bits per heavy atom. The lowest BCUT2D eigenvalue weighted by Crippen LogP contribution is -2.37. The molecule has 6 heteroatoms. The largest absolute Gasteiger partial charge is 0.507 e. The van der Waals surface area contributed by atoms with Crippen LogP contribution in [-0.4, -0.2) is 29.7 Å². The molecule has 0 saturated heterocycles. The second kappa shape index (κ2) is 6.51. The van der Waals surface area contributed by atoms with Crippen LogP contribution in [-0.2, 0) is 9.59 Å². The highest BCUT2D eigenvalue weighted by atomic mass is 16.3. The van der Waals surface area contributed by atoms with Gasteiger partial charge in [-0.3, -0.25) is 9.59 Å². The molecular formula is C15H15N3O3. The van der Waals surface area contributed by atoms with Gasteiger partial charge in [0.05, 0.1) is 6.21 Å². The fraction of sp³-hybridized carbons (Fsp3) is 0.133. The molecule has 6 nitrogen and oxygen atoms in total. The zero-order valence-electron chi connectivity index (χ0n) is 11.5. The Labute approximate surface area is 121 Å². The van der Waals surface area contributed by atoms with Crippen molar-refractivity contribution in [1.29, 1.82) is 0 Å². The molecule has 0 fully saturated rings. The first-order chi connectivity index (χ1) is 10.1. The van der Waals surface area contributed by atoms with Crippen LogP contribution in [0, 0.1) is 0 Å². The van der Waals surface area contributed by atoms with Crippen molar-refractivity contribution in [3.05, 3.63) is 42.0 Å². The molecule has 3 N–H and O–H groups in total. The summed E-state index contributed by atoms with van der Waals surface area (Å²) in [6.45, 7) is 2.07. The number of carbonyl (C=O) groups is 2. The number of fused-ring (bicyclic) bond motifs is 1. The van der Waals surface area contributed by atoms with Crippen LogP contribution in [0.1, 0.15) is 12.5 Å². The van der Waals surface area contributed by atoms with Crippen LogP contribution < -0.4 is 10.7 Å². The van der Waals surface area contributed by atoms with Crippen LogP contribution in [0.3, 0.4) is 0 Å². The maximum atomic E-state index is 11.4. The summed E-state index contributed by atoms with van der Waals surface area (Å²) in [6, 6.07) is 10.8. The first-order valence-electron chi connectivity index (χ1n) is 6.45. The summed E-state index contributed by atoms with van der Waals surface area (Å²) in [5.41, 5.74) is 2.59. The number of benzene rings is 2. The molecule has 2 aromatic carbocycles. The van der Waals surface area contributed by atoms with E-state index in [9.17, 15) is 14.7 Å². The number of phenolic OH excluding ortho intramolecular Hbond substituents is 1. The predicted octanol–water partition coefficient (Wildman–Crippen LogP) is 1.13. The van der Waals surface area contributed by atoms with Crippen LogP contribution in [0.4, 0.5) is 0 Å². The summed E-state index contributed by atoms with van der Waals surface area (Å²) in [7, 11) is 0. The molecule has 2 amide bonds. The highest BCUT2D eigenvalue weighted by molar-refractivity contribution is 6.35. The van der Waals surface area contributed by atoms with E-state index in [1.54, 1.807) is 19.1 Å². The molecule has 0 bridgehead atoms. The lowest BCUT2D eigenvalue weighted by molar-refractivity contribution is -0.139. The number of hydrazone groups is 1. The van der Waals surface area contributed by atoms with Crippen LogP contribution in [0.15, 0.2) is 41.5 Å². The SMILES string of the molecule is CCNC(=O)C(=O)N/N=C/c1c(O)ccc2ccccc12. The third kappa shape index (κ3) is 3.36. The fourth-order valence-electron chi connectivity index (χ4n) is 1.87. The lowest BCUT2D eigenvalue weighted by Gasteiger charge is -2.04. The van der Waals surface area contributed by atoms with Gasteiger partial charge < -0.3 is 10.4 Å². The minimum Gasteiger partial charge on any atom is -0.507 e. The molecule has 0 aromatic heterocycles. The van der Waals surface area contributed by atoms with Gasteiger partial charge in [-0.15, -0.1) is 0 Å². The molecule has 2 rings (SSSR count). The van der Waals surface area contributed by atoms with Gasteiger partial charge in [-0.2, -0.15) is 5.10 Å². The summed E-state index contributed by atoms with van der Waals surface area (Å²) in [6.07, 6.45) is 1.31. The van der Waals surface area contributed by atoms with E-state index in [2.05, 4.69) is 15.8 Å². The van der Waals surface area contributed by atoms with Gasteiger partial charge in [-0.1, -0.05) is 30.3 Å². The normalized spacial score (nSPS) is 10.7. The third-order valence-electron chi connectivity index (χ3n) is 2.85. The minimum atomic E-state index is -0.854. The van der Waals surface area contributed by atoms with Gasteiger partial charge in [-0.25, -0.2) is 5.43 Å². The molecule has 0 spiro atoms. The Hall–Kier alpha value is -2.89. The van der Waals surface area contributed by atoms with E-state index in [1.807, 2.05) is 24.3 Å². The minimum absolute atomic E-state index is 0.0460. The summed E-state index contributed by atoms with van der Waals surface area (Å²) >= 11 is 0. The quantitative estimate of drug-likeness (QED) is 0.448. The Kier molecular flexibility index (Phi) is 4.50. The summed E-state index contributed by atoms with van der Waals surface area (Å²) in [5.74, 6) is -1.56. The number of likely N-dealkylation sites (N-methyl/N-ethyl adjacent to an activating group) is 1. The highest BCUT2D eigenvalue weighted by Crippen LogP contribution is 2.25. The highest BCUT2D eigenvalue weighted by Gasteiger charge is 2.10. The van der Waals surface area contributed by atoms with Crippen LogP contribution in [0.5, 0.6) is 5.75 Å². The van der Waals surface area contributed by atoms with E-state index < -0.39 is 11.8 Å². The molecule has 2 aromatic rings. The summed E-state index contributed by atoms with van der Waals surface area (Å²) in [4.78, 5) is 22.6. The molecule has 0 unspecified atom stereocenters. The Morgan fingerprint density at radius 3 is 2.71 bits per heavy atom. The van der Waals surface area contributed by atoms with Gasteiger partial charge in [0, 0.05) is 12.1 Å². The molecule has 0 radical (unpaired) electrons. The lowest BCUT2D eigenvalue weighted by atomic mass is 10.0. The van der Waals surface area contributed by atoms with Gasteiger partial charge in [0.1, 0.15) is 5.75 Å². The van der Waals surface area contributed by atoms with E-state index in [-0.39, 0.29) is 5.75 Å². The van der Waals surface area contributed by atoms with Gasteiger partial charge in [-0.05, 0) is 23.8 Å². The standard InChI is InChI=1S/C15H15N3O3/c1-2-16-14(20)15(21)18-17-9-12-11-6-4-3-5-10(11)7-8-13(12)19/h3-9,19H,2H2,1H3,(H,16,20)(H,18,21)/b17-9+. The van der Waals surface area contributed by atoms with Gasteiger partial charge in [0.2, 0.25) is 0 Å². The Bertz CT molecular complexity index is 710. The van der Waals surface area contributed by atoms with Gasteiger partial charge in [0.15, 0.2) is 0 Å². The Morgan fingerprint density at radius 1 is 1.19 bits per heavy atom. The van der Waals surface area contributed by atoms with Crippen molar-refractivity contribution >= 4 is 28.8 Å². The van der Waals surface area contributed by atoms with Crippen molar-refractivity contribution in [1.82, 2.24) is 10.7 Å². The van der Waals surface area contributed by atoms with Gasteiger partial charge in [0.25, 0.3) is 0 Å². The van der Waals surface area contributed by atoms with Crippen molar-refractivity contribution in [3.8, 4) is 5.75 Å². The molecule has 21 heavy (non-hydrogen) atoms. The van der Waals surface area contributed by atoms with Crippen molar-refractivity contribution in [3.63, 3.8) is 0 Å². The van der Waals surface area contributed by atoms with E-state index >= 15 is 0 Å². The van der Waals surface area contributed by atoms with Crippen LogP contribution in [0.2, 0.25) is 0 Å². The molecule has 0 atom stereocenters. The maximum Gasteiger partial charge on any atom is 0.329 e. The zero-order chi connectivity index (χ0) is 15.2. The average molecular weight is 285 g/mol. The second-order valence-corrected chi connectivity index (χ2v) is 4.28. The van der Waals surface area contributed by atoms with Crippen molar-refractivity contribution in [2.24, 2.45) is 5.10 Å². The molecule has 0 heterocycles. The fourth-order valence-corrected chi connectivity index (χ4v) is 1.87.